The molecule has 94 valence electrons. The Hall–Kier alpha value is -0.930. The molecule has 2 rings (SSSR count). The Bertz CT molecular complexity index is 343. The van der Waals surface area contributed by atoms with Crippen molar-refractivity contribution in [1.82, 2.24) is 0 Å². The molecule has 1 aliphatic carbocycles. The molecule has 2 unspecified atom stereocenters. The van der Waals surface area contributed by atoms with Crippen molar-refractivity contribution in [3.05, 3.63) is 35.9 Å². The smallest absolute Gasteiger partial charge is 0.114 e. The predicted octanol–water partition coefficient (Wildman–Crippen LogP) is 2.81. The maximum absolute atomic E-state index is 14.1. The maximum Gasteiger partial charge on any atom is 0.114 e. The van der Waals surface area contributed by atoms with Gasteiger partial charge in [-0.25, -0.2) is 4.39 Å². The SMILES string of the molecule is NC1CCC(F)(CCOCc2ccccc2)C1. The number of halogens is 1. The van der Waals surface area contributed by atoms with E-state index in [1.165, 1.54) is 0 Å². The van der Waals surface area contributed by atoms with Crippen molar-refractivity contribution in [2.24, 2.45) is 5.73 Å². The first-order chi connectivity index (χ1) is 8.18. The Morgan fingerprint density at radius 3 is 2.76 bits per heavy atom. The van der Waals surface area contributed by atoms with Crippen LogP contribution in [0.5, 0.6) is 0 Å². The lowest BCUT2D eigenvalue weighted by molar-refractivity contribution is 0.0623. The fraction of sp³-hybridized carbons (Fsp3) is 0.571. The molecule has 2 N–H and O–H groups in total. The summed E-state index contributed by atoms with van der Waals surface area (Å²) in [4.78, 5) is 0. The van der Waals surface area contributed by atoms with E-state index in [0.29, 0.717) is 32.5 Å². The summed E-state index contributed by atoms with van der Waals surface area (Å²) < 4.78 is 19.6. The molecule has 0 heterocycles. The third kappa shape index (κ3) is 3.79. The van der Waals surface area contributed by atoms with Crippen LogP contribution in [0.2, 0.25) is 0 Å². The number of nitrogens with two attached hydrogens (primary N) is 1. The van der Waals surface area contributed by atoms with E-state index in [0.717, 1.165) is 12.0 Å². The molecule has 1 saturated carbocycles. The molecule has 1 aromatic rings. The van der Waals surface area contributed by atoms with E-state index in [9.17, 15) is 4.39 Å². The minimum absolute atomic E-state index is 0.0362. The van der Waals surface area contributed by atoms with E-state index in [2.05, 4.69) is 0 Å². The van der Waals surface area contributed by atoms with Crippen LogP contribution in [0.4, 0.5) is 4.39 Å². The molecule has 0 spiro atoms. The second kappa shape index (κ2) is 5.61. The van der Waals surface area contributed by atoms with E-state index in [1.54, 1.807) is 0 Å². The predicted molar refractivity (Wildman–Crippen MR) is 66.4 cm³/mol. The standard InChI is InChI=1S/C14H20FNO/c15-14(7-6-13(16)10-14)8-9-17-11-12-4-2-1-3-5-12/h1-5,13H,6-11,16H2. The highest BCUT2D eigenvalue weighted by molar-refractivity contribution is 5.13. The number of benzene rings is 1. The molecule has 1 aliphatic rings. The second-order valence-corrected chi connectivity index (χ2v) is 4.94. The van der Waals surface area contributed by atoms with Crippen LogP contribution >= 0.6 is 0 Å². The molecule has 0 saturated heterocycles. The summed E-state index contributed by atoms with van der Waals surface area (Å²) in [5.74, 6) is 0. The Labute approximate surface area is 102 Å². The van der Waals surface area contributed by atoms with Gasteiger partial charge >= 0.3 is 0 Å². The van der Waals surface area contributed by atoms with Crippen LogP contribution in [0.25, 0.3) is 0 Å². The quantitative estimate of drug-likeness (QED) is 0.799. The Kier molecular flexibility index (Phi) is 4.13. The number of hydrogen-bond donors (Lipinski definition) is 1. The summed E-state index contributed by atoms with van der Waals surface area (Å²) in [6.45, 7) is 1.03. The average Bonchev–Trinajstić information content (AvgIpc) is 2.67. The van der Waals surface area contributed by atoms with Gasteiger partial charge in [-0.2, -0.15) is 0 Å². The minimum Gasteiger partial charge on any atom is -0.377 e. The van der Waals surface area contributed by atoms with Crippen molar-refractivity contribution < 1.29 is 9.13 Å². The first-order valence-electron chi connectivity index (χ1n) is 6.24. The molecule has 0 bridgehead atoms. The van der Waals surface area contributed by atoms with Gasteiger partial charge in [0.1, 0.15) is 5.67 Å². The van der Waals surface area contributed by atoms with Gasteiger partial charge in [-0.1, -0.05) is 30.3 Å². The molecule has 3 heteroatoms. The topological polar surface area (TPSA) is 35.2 Å². The average molecular weight is 237 g/mol. The van der Waals surface area contributed by atoms with Crippen LogP contribution in [0.3, 0.4) is 0 Å². The van der Waals surface area contributed by atoms with E-state index in [-0.39, 0.29) is 6.04 Å². The van der Waals surface area contributed by atoms with Crippen molar-refractivity contribution in [3.8, 4) is 0 Å². The Morgan fingerprint density at radius 1 is 1.35 bits per heavy atom. The zero-order chi connectivity index (χ0) is 12.1. The van der Waals surface area contributed by atoms with Gasteiger partial charge in [-0.15, -0.1) is 0 Å². The summed E-state index contributed by atoms with van der Waals surface area (Å²) in [6.07, 6.45) is 2.34. The molecule has 2 nitrogen and oxygen atoms in total. The second-order valence-electron chi connectivity index (χ2n) is 4.94. The first-order valence-corrected chi connectivity index (χ1v) is 6.24. The highest BCUT2D eigenvalue weighted by Gasteiger charge is 2.37. The summed E-state index contributed by atoms with van der Waals surface area (Å²) >= 11 is 0. The molecule has 1 fully saturated rings. The molecular formula is C14H20FNO. The van der Waals surface area contributed by atoms with Crippen molar-refractivity contribution in [2.75, 3.05) is 6.61 Å². The van der Waals surface area contributed by atoms with Crippen molar-refractivity contribution in [1.29, 1.82) is 0 Å². The number of hydrogen-bond acceptors (Lipinski definition) is 2. The summed E-state index contributed by atoms with van der Waals surface area (Å²) in [7, 11) is 0. The number of rotatable bonds is 5. The van der Waals surface area contributed by atoms with Crippen molar-refractivity contribution in [3.63, 3.8) is 0 Å². The first kappa shape index (κ1) is 12.5. The maximum atomic E-state index is 14.1. The molecule has 0 aliphatic heterocycles. The molecule has 0 aromatic heterocycles. The zero-order valence-electron chi connectivity index (χ0n) is 10.1. The van der Waals surface area contributed by atoms with Crippen LogP contribution in [0, 0.1) is 0 Å². The molecule has 0 amide bonds. The van der Waals surface area contributed by atoms with Crippen LogP contribution in [0.1, 0.15) is 31.2 Å². The normalized spacial score (nSPS) is 28.5. The molecule has 1 aromatic carbocycles. The lowest BCUT2D eigenvalue weighted by Gasteiger charge is -2.18. The molecule has 17 heavy (non-hydrogen) atoms. The minimum atomic E-state index is -1.09. The third-order valence-electron chi connectivity index (χ3n) is 3.40. The van der Waals surface area contributed by atoms with E-state index >= 15 is 0 Å². The van der Waals surface area contributed by atoms with Gasteiger partial charge in [0.2, 0.25) is 0 Å². The zero-order valence-corrected chi connectivity index (χ0v) is 10.1. The van der Waals surface area contributed by atoms with Crippen molar-refractivity contribution in [2.45, 2.75) is 44.0 Å². The largest absolute Gasteiger partial charge is 0.377 e. The lowest BCUT2D eigenvalue weighted by Crippen LogP contribution is -2.24. The van der Waals surface area contributed by atoms with Gasteiger partial charge < -0.3 is 10.5 Å². The van der Waals surface area contributed by atoms with Gasteiger partial charge in [-0.05, 0) is 24.8 Å². The fourth-order valence-corrected chi connectivity index (χ4v) is 2.36. The van der Waals surface area contributed by atoms with Gasteiger partial charge in [-0.3, -0.25) is 0 Å². The lowest BCUT2D eigenvalue weighted by atomic mass is 10.0. The van der Waals surface area contributed by atoms with Gasteiger partial charge in [0, 0.05) is 12.5 Å². The van der Waals surface area contributed by atoms with Crippen LogP contribution in [0.15, 0.2) is 30.3 Å². The fourth-order valence-electron chi connectivity index (χ4n) is 2.36. The van der Waals surface area contributed by atoms with Crippen LogP contribution in [-0.4, -0.2) is 18.3 Å². The Morgan fingerprint density at radius 2 is 2.12 bits per heavy atom. The third-order valence-corrected chi connectivity index (χ3v) is 3.40. The van der Waals surface area contributed by atoms with Crippen LogP contribution in [-0.2, 0) is 11.3 Å². The van der Waals surface area contributed by atoms with E-state index in [1.807, 2.05) is 30.3 Å². The van der Waals surface area contributed by atoms with E-state index in [4.69, 9.17) is 10.5 Å². The van der Waals surface area contributed by atoms with Gasteiger partial charge in [0.25, 0.3) is 0 Å². The monoisotopic (exact) mass is 237 g/mol. The molecule has 0 radical (unpaired) electrons. The highest BCUT2D eigenvalue weighted by Crippen LogP contribution is 2.35. The highest BCUT2D eigenvalue weighted by atomic mass is 19.1. The van der Waals surface area contributed by atoms with Crippen LogP contribution < -0.4 is 5.73 Å². The summed E-state index contributed by atoms with van der Waals surface area (Å²) in [5, 5.41) is 0. The van der Waals surface area contributed by atoms with Gasteiger partial charge in [0.15, 0.2) is 0 Å². The summed E-state index contributed by atoms with van der Waals surface area (Å²) in [6, 6.07) is 9.98. The summed E-state index contributed by atoms with van der Waals surface area (Å²) in [5.41, 5.74) is 5.77. The molecular weight excluding hydrogens is 217 g/mol. The van der Waals surface area contributed by atoms with Crippen molar-refractivity contribution >= 4 is 0 Å². The van der Waals surface area contributed by atoms with Gasteiger partial charge in [0.05, 0.1) is 13.2 Å². The molecule has 2 atom stereocenters. The number of alkyl halides is 1. The van der Waals surface area contributed by atoms with E-state index < -0.39 is 5.67 Å². The Balaban J connectivity index is 1.67. The number of ether oxygens (including phenoxy) is 1.